The Morgan fingerprint density at radius 1 is 0.814 bits per heavy atom. The lowest BCUT2D eigenvalue weighted by Crippen LogP contribution is -2.53. The highest BCUT2D eigenvalue weighted by Gasteiger charge is 2.29. The fourth-order valence-corrected chi connectivity index (χ4v) is 8.35. The SMILES string of the molecule is CCn1cc(C(=O)O)c(=O)c2cc(F)c(N3CCN(C(=O)OCc4ccc(NC(=O)[C@H](CCCCNC(=O)OC(C)(C)C)NC(=O)[C@H](Cc5cccs5)NC(=O)OCc5ccccc5)cc4)CC3)cc21. The number of ether oxygens (including phenoxy) is 3. The highest BCUT2D eigenvalue weighted by Crippen LogP contribution is 2.27. The molecule has 1 saturated heterocycles. The number of thiophene rings is 1. The molecule has 5 aromatic rings. The number of fused-ring (bicyclic) bond motifs is 1. The van der Waals surface area contributed by atoms with Crippen LogP contribution in [-0.2, 0) is 50.0 Å². The van der Waals surface area contributed by atoms with Crippen LogP contribution in [0.25, 0.3) is 10.9 Å². The molecule has 0 bridgehead atoms. The summed E-state index contributed by atoms with van der Waals surface area (Å²) in [5, 5.41) is 22.3. The van der Waals surface area contributed by atoms with E-state index in [1.807, 2.05) is 35.7 Å². The number of nitrogens with one attached hydrogen (secondary N) is 4. The molecule has 3 heterocycles. The first-order valence-corrected chi connectivity index (χ1v) is 23.8. The van der Waals surface area contributed by atoms with Crippen molar-refractivity contribution in [3.8, 4) is 0 Å². The molecule has 0 unspecified atom stereocenters. The lowest BCUT2D eigenvalue weighted by Gasteiger charge is -2.35. The Morgan fingerprint density at radius 3 is 2.17 bits per heavy atom. The number of anilines is 2. The Balaban J connectivity index is 1.04. The largest absolute Gasteiger partial charge is 0.477 e. The molecule has 1 fully saturated rings. The molecule has 5 N–H and O–H groups in total. The maximum atomic E-state index is 15.4. The number of hydrogen-bond donors (Lipinski definition) is 5. The summed E-state index contributed by atoms with van der Waals surface area (Å²) in [4.78, 5) is 94.6. The number of carboxylic acids is 1. The van der Waals surface area contributed by atoms with Crippen molar-refractivity contribution in [2.75, 3.05) is 42.9 Å². The van der Waals surface area contributed by atoms with E-state index in [1.54, 1.807) is 73.6 Å². The third-order valence-electron chi connectivity index (χ3n) is 11.2. The van der Waals surface area contributed by atoms with Crippen molar-refractivity contribution in [3.63, 3.8) is 0 Å². The molecule has 0 spiro atoms. The highest BCUT2D eigenvalue weighted by atomic mass is 32.1. The van der Waals surface area contributed by atoms with E-state index in [-0.39, 0.29) is 69.9 Å². The van der Waals surface area contributed by atoms with Gasteiger partial charge in [-0.3, -0.25) is 14.4 Å². The van der Waals surface area contributed by atoms with Crippen molar-refractivity contribution >= 4 is 69.7 Å². The average Bonchev–Trinajstić information content (AvgIpc) is 3.85. The number of alkyl carbamates (subject to hydrolysis) is 2. The van der Waals surface area contributed by atoms with Crippen LogP contribution in [0, 0.1) is 5.82 Å². The summed E-state index contributed by atoms with van der Waals surface area (Å²) in [7, 11) is 0. The molecule has 20 heteroatoms. The third kappa shape index (κ3) is 14.8. The van der Waals surface area contributed by atoms with Gasteiger partial charge in [0.2, 0.25) is 17.2 Å². The molecule has 18 nitrogen and oxygen atoms in total. The van der Waals surface area contributed by atoms with Crippen molar-refractivity contribution in [1.82, 2.24) is 25.4 Å². The molecule has 372 valence electrons. The number of halogens is 1. The first-order chi connectivity index (χ1) is 33.5. The van der Waals surface area contributed by atoms with Gasteiger partial charge in [0.15, 0.2) is 0 Å². The van der Waals surface area contributed by atoms with Gasteiger partial charge in [0.05, 0.1) is 11.2 Å². The number of piperazine rings is 1. The average molecular weight is 984 g/mol. The first kappa shape index (κ1) is 51.9. The Kier molecular flexibility index (Phi) is 17.9. The van der Waals surface area contributed by atoms with Gasteiger partial charge in [-0.15, -0.1) is 11.3 Å². The zero-order valence-electron chi connectivity index (χ0n) is 39.5. The van der Waals surface area contributed by atoms with Gasteiger partial charge in [-0.2, -0.15) is 0 Å². The van der Waals surface area contributed by atoms with Crippen LogP contribution in [0.4, 0.5) is 30.1 Å². The van der Waals surface area contributed by atoms with Crippen LogP contribution in [0.5, 0.6) is 0 Å². The number of rotatable bonds is 19. The summed E-state index contributed by atoms with van der Waals surface area (Å²) in [6.07, 6.45) is 0.534. The number of hydrogen-bond acceptors (Lipinski definition) is 12. The summed E-state index contributed by atoms with van der Waals surface area (Å²) in [5.41, 5.74) is 0.544. The van der Waals surface area contributed by atoms with Crippen molar-refractivity contribution in [2.24, 2.45) is 0 Å². The Labute approximate surface area is 408 Å². The van der Waals surface area contributed by atoms with Gasteiger partial charge in [0.1, 0.15) is 42.3 Å². The molecule has 70 heavy (non-hydrogen) atoms. The molecular formula is C50H58FN7O11S. The quantitative estimate of drug-likeness (QED) is 0.0415. The monoisotopic (exact) mass is 983 g/mol. The van der Waals surface area contributed by atoms with E-state index in [4.69, 9.17) is 14.2 Å². The molecule has 0 radical (unpaired) electrons. The van der Waals surface area contributed by atoms with Crippen LogP contribution in [0.2, 0.25) is 0 Å². The molecule has 3 aromatic carbocycles. The topological polar surface area (TPSA) is 227 Å². The smallest absolute Gasteiger partial charge is 0.410 e. The molecule has 2 atom stereocenters. The van der Waals surface area contributed by atoms with Crippen molar-refractivity contribution in [3.05, 3.63) is 128 Å². The molecule has 2 aromatic heterocycles. The number of amides is 5. The number of aromatic carboxylic acids is 1. The van der Waals surface area contributed by atoms with E-state index in [1.165, 1.54) is 28.5 Å². The van der Waals surface area contributed by atoms with E-state index in [0.717, 1.165) is 16.5 Å². The molecule has 1 aliphatic rings. The second kappa shape index (κ2) is 24.2. The van der Waals surface area contributed by atoms with Crippen LogP contribution in [-0.4, -0.2) is 101 Å². The van der Waals surface area contributed by atoms with E-state index >= 15 is 4.39 Å². The standard InChI is InChI=1S/C50H58FN7O11S/c1-5-56-29-37(46(62)63)43(59)36-27-38(51)42(28-41(36)56)57-21-23-58(24-22-57)49(66)68-31-33-16-18-34(19-17-33)53-44(60)39(15-9-10-20-52-47(64)69-50(2,3)4)54-45(61)40(26-35-14-11-25-70-35)55-48(65)67-30-32-12-7-6-8-13-32/h6-8,11-14,16-19,25,27-29,39-40H,5,9-10,15,20-24,26,30-31H2,1-4H3,(H,52,64)(H,53,60)(H,54,61)(H,55,65)(H,62,63)/t39-,40-/m0/s1. The number of aromatic nitrogens is 1. The number of nitrogens with zero attached hydrogens (tertiary/aromatic N) is 3. The zero-order valence-corrected chi connectivity index (χ0v) is 40.3. The van der Waals surface area contributed by atoms with E-state index in [2.05, 4.69) is 21.3 Å². The molecule has 5 amide bonds. The van der Waals surface area contributed by atoms with Crippen LogP contribution >= 0.6 is 11.3 Å². The van der Waals surface area contributed by atoms with Crippen molar-refractivity contribution in [2.45, 2.75) is 90.8 Å². The Bertz CT molecular complexity index is 2690. The summed E-state index contributed by atoms with van der Waals surface area (Å²) in [6.45, 7) is 8.58. The van der Waals surface area contributed by atoms with E-state index < -0.39 is 70.6 Å². The second-order valence-corrected chi connectivity index (χ2v) is 18.6. The summed E-state index contributed by atoms with van der Waals surface area (Å²) in [6, 6.07) is 19.8. The van der Waals surface area contributed by atoms with E-state index in [9.17, 15) is 38.7 Å². The molecule has 0 saturated carbocycles. The van der Waals surface area contributed by atoms with Crippen molar-refractivity contribution < 1.29 is 52.5 Å². The second-order valence-electron chi connectivity index (χ2n) is 17.5. The van der Waals surface area contributed by atoms with Crippen molar-refractivity contribution in [1.29, 1.82) is 0 Å². The number of unbranched alkanes of at least 4 members (excludes halogenated alkanes) is 1. The maximum absolute atomic E-state index is 15.4. The first-order valence-electron chi connectivity index (χ1n) is 22.9. The van der Waals surface area contributed by atoms with Gasteiger partial charge >= 0.3 is 24.2 Å². The Hall–Kier alpha value is -7.48. The maximum Gasteiger partial charge on any atom is 0.410 e. The summed E-state index contributed by atoms with van der Waals surface area (Å²) < 4.78 is 33.3. The van der Waals surface area contributed by atoms with Gasteiger partial charge in [0.25, 0.3) is 0 Å². The normalized spacial score (nSPS) is 13.4. The lowest BCUT2D eigenvalue weighted by molar-refractivity contribution is -0.128. The highest BCUT2D eigenvalue weighted by molar-refractivity contribution is 7.09. The zero-order chi connectivity index (χ0) is 50.4. The van der Waals surface area contributed by atoms with Gasteiger partial charge in [-0.05, 0) is 93.8 Å². The van der Waals surface area contributed by atoms with Gasteiger partial charge < -0.3 is 55.0 Å². The molecule has 6 rings (SSSR count). The summed E-state index contributed by atoms with van der Waals surface area (Å²) >= 11 is 1.41. The fourth-order valence-electron chi connectivity index (χ4n) is 7.60. The minimum atomic E-state index is -1.39. The number of pyridine rings is 1. The van der Waals surface area contributed by atoms with Gasteiger partial charge in [-0.1, -0.05) is 48.5 Å². The minimum absolute atomic E-state index is 0.00799. The van der Waals surface area contributed by atoms with Crippen LogP contribution in [0.1, 0.15) is 73.3 Å². The number of benzene rings is 3. The Morgan fingerprint density at radius 2 is 1.51 bits per heavy atom. The number of aryl methyl sites for hydroxylation is 1. The third-order valence-corrected chi connectivity index (χ3v) is 12.1. The fraction of sp³-hybridized carbons (Fsp3) is 0.380. The van der Waals surface area contributed by atoms with E-state index in [0.29, 0.717) is 36.2 Å². The van der Waals surface area contributed by atoms with Gasteiger partial charge in [-0.25, -0.2) is 23.6 Å². The number of carbonyl (C=O) groups excluding carboxylic acids is 5. The molecular weight excluding hydrogens is 926 g/mol. The van der Waals surface area contributed by atoms with Crippen LogP contribution in [0.15, 0.2) is 95.2 Å². The summed E-state index contributed by atoms with van der Waals surface area (Å²) in [5.74, 6) is -3.19. The number of carboxylic acid groups (broad SMARTS) is 1. The van der Waals surface area contributed by atoms with Crippen LogP contribution in [0.3, 0.4) is 0 Å². The molecule has 1 aliphatic heterocycles. The van der Waals surface area contributed by atoms with Crippen LogP contribution < -0.4 is 31.6 Å². The predicted octanol–water partition coefficient (Wildman–Crippen LogP) is 7.04. The lowest BCUT2D eigenvalue weighted by atomic mass is 10.1. The number of carbonyl (C=O) groups is 6. The minimum Gasteiger partial charge on any atom is -0.477 e. The predicted molar refractivity (Wildman–Crippen MR) is 261 cm³/mol. The van der Waals surface area contributed by atoms with Gasteiger partial charge in [0, 0.05) is 67.8 Å². The molecule has 0 aliphatic carbocycles.